The summed E-state index contributed by atoms with van der Waals surface area (Å²) in [5.41, 5.74) is 0. The first-order valence-corrected chi connectivity index (χ1v) is 12.2. The van der Waals surface area contributed by atoms with Gasteiger partial charge in [-0.15, -0.1) is 0 Å². The van der Waals surface area contributed by atoms with Crippen molar-refractivity contribution in [3.63, 3.8) is 0 Å². The van der Waals surface area contributed by atoms with Crippen molar-refractivity contribution < 1.29 is 64.6 Å². The highest BCUT2D eigenvalue weighted by atomic mass is 31.3. The topological polar surface area (TPSA) is 205 Å². The van der Waals surface area contributed by atoms with Gasteiger partial charge in [0.25, 0.3) is 0 Å². The highest BCUT2D eigenvalue weighted by molar-refractivity contribution is 7.61. The quantitative estimate of drug-likeness (QED) is 0.391. The SMILES string of the molecule is O=P1(O)O[C@@H]2C[C@H]3OP(=O)(O)OP(=O)(O)O[C@@H]3C[C@H]2OP(=O)(O)O1. The lowest BCUT2D eigenvalue weighted by molar-refractivity contribution is -0.0748. The van der Waals surface area contributed by atoms with Crippen LogP contribution in [0.3, 0.4) is 0 Å². The van der Waals surface area contributed by atoms with Crippen molar-refractivity contribution in [3.8, 4) is 0 Å². The minimum atomic E-state index is -4.96. The second kappa shape index (κ2) is 6.02. The van der Waals surface area contributed by atoms with Crippen LogP contribution in [0.2, 0.25) is 0 Å². The van der Waals surface area contributed by atoms with E-state index in [1.807, 2.05) is 0 Å². The van der Waals surface area contributed by atoms with Gasteiger partial charge in [0.15, 0.2) is 0 Å². The molecule has 4 N–H and O–H groups in total. The molecule has 3 fully saturated rings. The van der Waals surface area contributed by atoms with E-state index in [-0.39, 0.29) is 0 Å². The summed E-state index contributed by atoms with van der Waals surface area (Å²) in [6.07, 6.45) is -6.32. The van der Waals surface area contributed by atoms with E-state index in [0.29, 0.717) is 0 Å². The molecule has 4 unspecified atom stereocenters. The van der Waals surface area contributed by atoms with Crippen LogP contribution >= 0.6 is 31.3 Å². The maximum atomic E-state index is 11.6. The van der Waals surface area contributed by atoms with Gasteiger partial charge in [0, 0.05) is 12.8 Å². The van der Waals surface area contributed by atoms with Gasteiger partial charge in [0.2, 0.25) is 0 Å². The Labute approximate surface area is 134 Å². The molecular weight excluding hydrogens is 420 g/mol. The molecule has 2 aliphatic heterocycles. The Kier molecular flexibility index (Phi) is 4.84. The summed E-state index contributed by atoms with van der Waals surface area (Å²) in [5.74, 6) is 0. The Balaban J connectivity index is 1.90. The van der Waals surface area contributed by atoms with Crippen LogP contribution < -0.4 is 0 Å². The normalized spacial score (nSPS) is 58.8. The summed E-state index contributed by atoms with van der Waals surface area (Å²) >= 11 is 0. The van der Waals surface area contributed by atoms with Gasteiger partial charge in [-0.05, 0) is 0 Å². The van der Waals surface area contributed by atoms with Crippen LogP contribution in [-0.2, 0) is 45.0 Å². The Morgan fingerprint density at radius 3 is 0.958 bits per heavy atom. The first-order valence-electron chi connectivity index (χ1n) is 6.23. The van der Waals surface area contributed by atoms with E-state index in [2.05, 4.69) is 8.62 Å². The molecule has 18 heteroatoms. The minimum absolute atomic E-state index is 0.447. The van der Waals surface area contributed by atoms with Crippen LogP contribution in [0, 0.1) is 0 Å². The zero-order valence-electron chi connectivity index (χ0n) is 11.4. The predicted molar refractivity (Wildman–Crippen MR) is 70.2 cm³/mol. The van der Waals surface area contributed by atoms with Crippen molar-refractivity contribution >= 4 is 31.3 Å². The van der Waals surface area contributed by atoms with Crippen LogP contribution in [0.1, 0.15) is 12.8 Å². The smallest absolute Gasteiger partial charge is 0.302 e. The van der Waals surface area contributed by atoms with E-state index in [4.69, 9.17) is 18.1 Å². The fraction of sp³-hybridized carbons (Fsp3) is 1.00. The fourth-order valence-corrected chi connectivity index (χ4v) is 7.49. The second-order valence-corrected chi connectivity index (χ2v) is 11.0. The number of fused-ring (bicyclic) bond motifs is 2. The third kappa shape index (κ3) is 4.43. The lowest BCUT2D eigenvalue weighted by atomic mass is 9.90. The number of hydrogen-bond donors (Lipinski definition) is 4. The highest BCUT2D eigenvalue weighted by Crippen LogP contribution is 2.68. The van der Waals surface area contributed by atoms with Crippen LogP contribution in [0.5, 0.6) is 0 Å². The number of rotatable bonds is 0. The molecule has 0 amide bonds. The van der Waals surface area contributed by atoms with E-state index in [1.165, 1.54) is 0 Å². The summed E-state index contributed by atoms with van der Waals surface area (Å²) in [6, 6.07) is 0. The average Bonchev–Trinajstić information content (AvgIpc) is 2.42. The largest absolute Gasteiger partial charge is 0.481 e. The summed E-state index contributed by atoms with van der Waals surface area (Å²) in [5, 5.41) is 0. The van der Waals surface area contributed by atoms with E-state index >= 15 is 0 Å². The van der Waals surface area contributed by atoms with Gasteiger partial charge in [-0.2, -0.15) is 8.62 Å². The Morgan fingerprint density at radius 1 is 0.542 bits per heavy atom. The van der Waals surface area contributed by atoms with Gasteiger partial charge in [-0.1, -0.05) is 0 Å². The molecule has 0 bridgehead atoms. The molecule has 24 heavy (non-hydrogen) atoms. The molecule has 14 nitrogen and oxygen atoms in total. The zero-order chi connectivity index (χ0) is 18.0. The number of phosphoric acid groups is 4. The number of phosphoric ester groups is 4. The first kappa shape index (κ1) is 19.3. The van der Waals surface area contributed by atoms with Crippen LogP contribution in [0.4, 0.5) is 0 Å². The molecule has 1 saturated carbocycles. The van der Waals surface area contributed by atoms with Gasteiger partial charge in [0.1, 0.15) is 0 Å². The van der Waals surface area contributed by atoms with Crippen molar-refractivity contribution in [1.29, 1.82) is 0 Å². The van der Waals surface area contributed by atoms with Crippen molar-refractivity contribution in [2.45, 2.75) is 37.3 Å². The molecule has 140 valence electrons. The summed E-state index contributed by atoms with van der Waals surface area (Å²) in [4.78, 5) is 37.5. The summed E-state index contributed by atoms with van der Waals surface area (Å²) in [6.45, 7) is 0. The molecule has 3 rings (SSSR count). The molecule has 0 aromatic heterocycles. The van der Waals surface area contributed by atoms with E-state index < -0.39 is 68.5 Å². The average molecular weight is 432 g/mol. The maximum absolute atomic E-state index is 11.6. The molecule has 3 aliphatic rings. The molecule has 1 aliphatic carbocycles. The van der Waals surface area contributed by atoms with Crippen LogP contribution in [-0.4, -0.2) is 44.0 Å². The predicted octanol–water partition coefficient (Wildman–Crippen LogP) is 0.783. The molecule has 0 aromatic carbocycles. The highest BCUT2D eigenvalue weighted by Gasteiger charge is 2.55. The van der Waals surface area contributed by atoms with Gasteiger partial charge < -0.3 is 19.6 Å². The van der Waals surface area contributed by atoms with E-state index in [0.717, 1.165) is 0 Å². The van der Waals surface area contributed by atoms with Gasteiger partial charge in [0.05, 0.1) is 24.4 Å². The molecule has 2 heterocycles. The van der Waals surface area contributed by atoms with Gasteiger partial charge >= 0.3 is 31.3 Å². The van der Waals surface area contributed by atoms with Crippen molar-refractivity contribution in [3.05, 3.63) is 0 Å². The minimum Gasteiger partial charge on any atom is -0.302 e. The lowest BCUT2D eigenvalue weighted by Crippen LogP contribution is -2.46. The number of hydrogen-bond acceptors (Lipinski definition) is 10. The Morgan fingerprint density at radius 2 is 0.750 bits per heavy atom. The van der Waals surface area contributed by atoms with E-state index in [1.54, 1.807) is 0 Å². The lowest BCUT2D eigenvalue weighted by Gasteiger charge is -2.36. The summed E-state index contributed by atoms with van der Waals surface area (Å²) in [7, 11) is -19.8. The maximum Gasteiger partial charge on any atom is 0.481 e. The monoisotopic (exact) mass is 432 g/mol. The second-order valence-electron chi connectivity index (χ2n) is 5.08. The third-order valence-electron chi connectivity index (χ3n) is 3.25. The van der Waals surface area contributed by atoms with Crippen molar-refractivity contribution in [2.75, 3.05) is 0 Å². The van der Waals surface area contributed by atoms with Crippen LogP contribution in [0.15, 0.2) is 0 Å². The molecule has 8 atom stereocenters. The fourth-order valence-electron chi connectivity index (χ4n) is 2.53. The van der Waals surface area contributed by atoms with Gasteiger partial charge in [-0.25, -0.2) is 18.3 Å². The Hall–Kier alpha value is 0.520. The Bertz CT molecular complexity index is 602. The van der Waals surface area contributed by atoms with Crippen molar-refractivity contribution in [2.24, 2.45) is 0 Å². The zero-order valence-corrected chi connectivity index (χ0v) is 15.0. The molecule has 0 aromatic rings. The van der Waals surface area contributed by atoms with Crippen LogP contribution in [0.25, 0.3) is 0 Å². The van der Waals surface area contributed by atoms with Gasteiger partial charge in [-0.3, -0.25) is 18.1 Å². The third-order valence-corrected chi connectivity index (χ3v) is 8.70. The van der Waals surface area contributed by atoms with Crippen molar-refractivity contribution in [1.82, 2.24) is 0 Å². The molecule has 0 radical (unpaired) electrons. The molecule has 2 saturated heterocycles. The first-order chi connectivity index (χ1) is 10.8. The molecular formula is C6H12O14P4. The standard InChI is InChI=1S/C6H12O14P4/c7-21(8)15-3-1-4-6(2-5(3)17-23(11,12)19-21)18-24(13,14)20-22(9,10)16-4/h3-6H,1-2H2,(H,7,8)(H,9,10)(H,11,12)(H,13,14)/t3-,4-,5-,6-/m1/s1. The molecule has 0 spiro atoms. The summed E-state index contributed by atoms with van der Waals surface area (Å²) < 4.78 is 73.2. The van der Waals surface area contributed by atoms with E-state index in [9.17, 15) is 37.8 Å².